The first-order valence-electron chi connectivity index (χ1n) is 10.5. The molecule has 4 heterocycles. The maximum absolute atomic E-state index is 12.6. The minimum atomic E-state index is -3.29. The van der Waals surface area contributed by atoms with Crippen LogP contribution in [0.1, 0.15) is 43.4 Å². The summed E-state index contributed by atoms with van der Waals surface area (Å²) in [6.45, 7) is 1.78. The topological polar surface area (TPSA) is 110 Å². The molecule has 2 N–H and O–H groups in total. The fourth-order valence-electron chi connectivity index (χ4n) is 4.43. The smallest absolute Gasteiger partial charge is 0.456 e. The molecule has 0 saturated carbocycles. The van der Waals surface area contributed by atoms with Crippen molar-refractivity contribution in [3.8, 4) is 0 Å². The van der Waals surface area contributed by atoms with Gasteiger partial charge in [-0.2, -0.15) is 0 Å². The van der Waals surface area contributed by atoms with Gasteiger partial charge in [0.15, 0.2) is 9.84 Å². The molecule has 1 saturated heterocycles. The molecule has 0 radical (unpaired) electrons. The SMILES string of the molecule is CCC1=C2[C@@H](CC/C(=C/c3ccc(CO)o3)c3ccccn3)OB(O)C[C@@H]2S(=O)(=O)C1. The summed E-state index contributed by atoms with van der Waals surface area (Å²) >= 11 is 0. The standard InChI is InChI=1S/C22H26BNO6S/c1-2-15-14-31(27,28)21-12-23(26)30-20(22(15)21)9-6-16(19-5-3-4-10-24-19)11-17-7-8-18(13-25)29-17/h3-5,7-8,10-11,20-21,25-26H,2,6,9,12-14H2,1H3/b16-11-/t20-,21+/m1/s1. The third-order valence-electron chi connectivity index (χ3n) is 5.90. The van der Waals surface area contributed by atoms with Crippen molar-refractivity contribution < 1.29 is 27.6 Å². The van der Waals surface area contributed by atoms with Gasteiger partial charge in [-0.15, -0.1) is 0 Å². The number of aromatic nitrogens is 1. The first kappa shape index (κ1) is 22.0. The lowest BCUT2D eigenvalue weighted by Crippen LogP contribution is -2.41. The minimum Gasteiger partial charge on any atom is -0.459 e. The van der Waals surface area contributed by atoms with Crippen LogP contribution in [0.5, 0.6) is 0 Å². The van der Waals surface area contributed by atoms with Gasteiger partial charge in [0.2, 0.25) is 0 Å². The van der Waals surface area contributed by atoms with E-state index in [-0.39, 0.29) is 18.7 Å². The Kier molecular flexibility index (Phi) is 6.48. The number of allylic oxidation sites excluding steroid dienone is 1. The monoisotopic (exact) mass is 443 g/mol. The van der Waals surface area contributed by atoms with Crippen LogP contribution in [0.15, 0.2) is 52.1 Å². The number of hydrogen-bond donors (Lipinski definition) is 2. The normalized spacial score (nSPS) is 23.3. The van der Waals surface area contributed by atoms with Gasteiger partial charge in [-0.1, -0.05) is 18.6 Å². The number of sulfone groups is 1. The molecule has 2 aromatic heterocycles. The van der Waals surface area contributed by atoms with Crippen LogP contribution in [0.2, 0.25) is 6.32 Å². The van der Waals surface area contributed by atoms with E-state index in [1.165, 1.54) is 0 Å². The molecule has 9 heteroatoms. The highest BCUT2D eigenvalue weighted by molar-refractivity contribution is 7.92. The van der Waals surface area contributed by atoms with Crippen molar-refractivity contribution in [3.05, 3.63) is 64.9 Å². The molecule has 4 rings (SSSR count). The van der Waals surface area contributed by atoms with Crippen molar-refractivity contribution in [1.82, 2.24) is 4.98 Å². The Morgan fingerprint density at radius 2 is 2.16 bits per heavy atom. The second kappa shape index (κ2) is 9.12. The summed E-state index contributed by atoms with van der Waals surface area (Å²) < 4.78 is 36.7. The predicted molar refractivity (Wildman–Crippen MR) is 119 cm³/mol. The molecule has 7 nitrogen and oxygen atoms in total. The van der Waals surface area contributed by atoms with Crippen molar-refractivity contribution in [3.63, 3.8) is 0 Å². The van der Waals surface area contributed by atoms with Gasteiger partial charge in [-0.3, -0.25) is 4.98 Å². The van der Waals surface area contributed by atoms with Crippen LogP contribution in [-0.4, -0.2) is 47.8 Å². The summed E-state index contributed by atoms with van der Waals surface area (Å²) in [5, 5.41) is 18.8. The maximum Gasteiger partial charge on any atom is 0.456 e. The molecule has 0 bridgehead atoms. The summed E-state index contributed by atoms with van der Waals surface area (Å²) in [4.78, 5) is 4.44. The third-order valence-corrected chi connectivity index (χ3v) is 7.96. The predicted octanol–water partition coefficient (Wildman–Crippen LogP) is 2.87. The number of aliphatic hydroxyl groups excluding tert-OH is 1. The van der Waals surface area contributed by atoms with Crippen LogP contribution in [0.25, 0.3) is 11.6 Å². The Bertz CT molecular complexity index is 1090. The number of rotatable bonds is 7. The lowest BCUT2D eigenvalue weighted by molar-refractivity contribution is 0.171. The quantitative estimate of drug-likeness (QED) is 0.500. The molecule has 2 aromatic rings. The van der Waals surface area contributed by atoms with Crippen LogP contribution >= 0.6 is 0 Å². The maximum atomic E-state index is 12.6. The molecule has 2 aliphatic heterocycles. The van der Waals surface area contributed by atoms with Gasteiger partial charge in [0, 0.05) is 12.5 Å². The molecule has 0 aromatic carbocycles. The summed E-state index contributed by atoms with van der Waals surface area (Å²) in [7, 11) is -4.39. The average molecular weight is 443 g/mol. The molecule has 0 amide bonds. The van der Waals surface area contributed by atoms with Crippen molar-refractivity contribution in [2.45, 2.75) is 50.5 Å². The van der Waals surface area contributed by atoms with Crippen molar-refractivity contribution in [2.24, 2.45) is 0 Å². The minimum absolute atomic E-state index is 0.0509. The van der Waals surface area contributed by atoms with Crippen LogP contribution in [-0.2, 0) is 21.1 Å². The van der Waals surface area contributed by atoms with E-state index >= 15 is 0 Å². The van der Waals surface area contributed by atoms with E-state index in [0.717, 1.165) is 22.4 Å². The Hall–Kier alpha value is -2.20. The molecule has 0 unspecified atom stereocenters. The molecule has 0 spiro atoms. The van der Waals surface area contributed by atoms with E-state index in [9.17, 15) is 18.5 Å². The summed E-state index contributed by atoms with van der Waals surface area (Å²) in [6.07, 6.45) is 4.94. The van der Waals surface area contributed by atoms with Crippen molar-refractivity contribution in [2.75, 3.05) is 5.75 Å². The number of nitrogens with zero attached hydrogens (tertiary/aromatic N) is 1. The number of aliphatic hydroxyl groups is 1. The fourth-order valence-corrected chi connectivity index (χ4v) is 6.65. The van der Waals surface area contributed by atoms with Crippen LogP contribution in [0.4, 0.5) is 0 Å². The van der Waals surface area contributed by atoms with Crippen LogP contribution in [0, 0.1) is 0 Å². The molecular weight excluding hydrogens is 417 g/mol. The molecule has 2 atom stereocenters. The Labute approximate surface area is 182 Å². The molecule has 31 heavy (non-hydrogen) atoms. The summed E-state index contributed by atoms with van der Waals surface area (Å²) in [5.74, 6) is 1.13. The van der Waals surface area contributed by atoms with Crippen LogP contribution in [0.3, 0.4) is 0 Å². The second-order valence-electron chi connectivity index (χ2n) is 7.91. The number of fused-ring (bicyclic) bond motifs is 1. The van der Waals surface area contributed by atoms with Gasteiger partial charge < -0.3 is 19.2 Å². The zero-order valence-electron chi connectivity index (χ0n) is 17.4. The molecule has 164 valence electrons. The highest BCUT2D eigenvalue weighted by atomic mass is 32.2. The average Bonchev–Trinajstić information content (AvgIpc) is 3.33. The molecule has 0 aliphatic carbocycles. The first-order valence-corrected chi connectivity index (χ1v) is 12.2. The Balaban J connectivity index is 1.62. The zero-order valence-corrected chi connectivity index (χ0v) is 18.2. The van der Waals surface area contributed by atoms with Crippen molar-refractivity contribution >= 4 is 28.6 Å². The van der Waals surface area contributed by atoms with E-state index in [2.05, 4.69) is 4.98 Å². The number of furan rings is 1. The van der Waals surface area contributed by atoms with Crippen molar-refractivity contribution in [1.29, 1.82) is 0 Å². The van der Waals surface area contributed by atoms with E-state index in [1.54, 1.807) is 18.3 Å². The van der Waals surface area contributed by atoms with E-state index in [0.29, 0.717) is 30.8 Å². The number of pyridine rings is 1. The van der Waals surface area contributed by atoms with Gasteiger partial charge >= 0.3 is 7.12 Å². The molecule has 1 fully saturated rings. The lowest BCUT2D eigenvalue weighted by atomic mass is 9.74. The van der Waals surface area contributed by atoms with Gasteiger partial charge in [0.1, 0.15) is 18.1 Å². The van der Waals surface area contributed by atoms with Crippen LogP contribution < -0.4 is 0 Å². The molecular formula is C22H26BNO6S. The Morgan fingerprint density at radius 1 is 1.32 bits per heavy atom. The summed E-state index contributed by atoms with van der Waals surface area (Å²) in [5.41, 5.74) is 3.41. The highest BCUT2D eigenvalue weighted by Gasteiger charge is 2.47. The lowest BCUT2D eigenvalue weighted by Gasteiger charge is -2.32. The van der Waals surface area contributed by atoms with Gasteiger partial charge in [-0.05, 0) is 60.8 Å². The molecule has 2 aliphatic rings. The summed E-state index contributed by atoms with van der Waals surface area (Å²) in [6, 6.07) is 9.14. The first-order chi connectivity index (χ1) is 14.9. The highest BCUT2D eigenvalue weighted by Crippen LogP contribution is 2.41. The van der Waals surface area contributed by atoms with Gasteiger partial charge in [0.05, 0.1) is 22.8 Å². The fraction of sp³-hybridized carbons (Fsp3) is 0.409. The number of hydrogen-bond acceptors (Lipinski definition) is 7. The third kappa shape index (κ3) is 4.69. The van der Waals surface area contributed by atoms with Gasteiger partial charge in [-0.25, -0.2) is 8.42 Å². The van der Waals surface area contributed by atoms with Gasteiger partial charge in [0.25, 0.3) is 0 Å². The second-order valence-corrected chi connectivity index (χ2v) is 10.1. The largest absolute Gasteiger partial charge is 0.459 e. The van der Waals surface area contributed by atoms with E-state index < -0.39 is 28.3 Å². The van der Waals surface area contributed by atoms with E-state index in [1.807, 2.05) is 31.2 Å². The Morgan fingerprint density at radius 3 is 2.84 bits per heavy atom. The van der Waals surface area contributed by atoms with E-state index in [4.69, 9.17) is 9.07 Å². The zero-order chi connectivity index (χ0) is 22.0.